The lowest BCUT2D eigenvalue weighted by molar-refractivity contribution is 0.181. The molecule has 4 aromatic rings. The summed E-state index contributed by atoms with van der Waals surface area (Å²) in [6, 6.07) is 23.8. The topological polar surface area (TPSA) is 69.3 Å². The molecule has 1 aromatic heterocycles. The van der Waals surface area contributed by atoms with Crippen LogP contribution in [0.25, 0.3) is 22.4 Å². The maximum atomic E-state index is 13.4. The molecule has 0 saturated carbocycles. The van der Waals surface area contributed by atoms with Crippen LogP contribution in [0, 0.1) is 0 Å². The Labute approximate surface area is 207 Å². The lowest BCUT2D eigenvalue weighted by Crippen LogP contribution is -2.48. The van der Waals surface area contributed by atoms with Crippen LogP contribution in [0.4, 0.5) is 0 Å². The van der Waals surface area contributed by atoms with E-state index in [1.807, 2.05) is 30.3 Å². The molecule has 0 bridgehead atoms. The van der Waals surface area contributed by atoms with Crippen LogP contribution >= 0.6 is 0 Å². The monoisotopic (exact) mass is 488 g/mol. The summed E-state index contributed by atoms with van der Waals surface area (Å²) >= 11 is 0. The van der Waals surface area contributed by atoms with E-state index in [-0.39, 0.29) is 5.41 Å². The van der Waals surface area contributed by atoms with Crippen molar-refractivity contribution in [3.8, 4) is 11.4 Å². The number of piperazine rings is 1. The van der Waals surface area contributed by atoms with Crippen LogP contribution in [0.1, 0.15) is 31.9 Å². The first-order valence-electron chi connectivity index (χ1n) is 12.1. The van der Waals surface area contributed by atoms with Gasteiger partial charge in [-0.25, -0.2) is 13.4 Å². The predicted molar refractivity (Wildman–Crippen MR) is 141 cm³/mol. The fourth-order valence-corrected chi connectivity index (χ4v) is 5.98. The molecule has 3 aromatic carbocycles. The molecule has 2 heterocycles. The number of hydrogen-bond acceptors (Lipinski definition) is 4. The van der Waals surface area contributed by atoms with Gasteiger partial charge in [0.25, 0.3) is 0 Å². The zero-order valence-electron chi connectivity index (χ0n) is 20.5. The molecule has 0 atom stereocenters. The fourth-order valence-electron chi connectivity index (χ4n) is 4.53. The molecule has 1 N–H and O–H groups in total. The molecule has 5 rings (SSSR count). The summed E-state index contributed by atoms with van der Waals surface area (Å²) in [5, 5.41) is 0. The Hall–Kier alpha value is -3.00. The molecule has 0 unspecified atom stereocenters. The third-order valence-electron chi connectivity index (χ3n) is 6.70. The molecule has 35 heavy (non-hydrogen) atoms. The number of fused-ring (bicyclic) bond motifs is 1. The van der Waals surface area contributed by atoms with Crippen LogP contribution in [0.5, 0.6) is 0 Å². The van der Waals surface area contributed by atoms with Crippen molar-refractivity contribution in [3.05, 3.63) is 83.9 Å². The van der Waals surface area contributed by atoms with Gasteiger partial charge in [-0.3, -0.25) is 4.90 Å². The molecule has 1 fully saturated rings. The molecule has 0 spiro atoms. The molecule has 0 radical (unpaired) electrons. The summed E-state index contributed by atoms with van der Waals surface area (Å²) in [5.74, 6) is 0.735. The molecule has 0 amide bonds. The predicted octanol–water partition coefficient (Wildman–Crippen LogP) is 5.03. The van der Waals surface area contributed by atoms with Crippen molar-refractivity contribution in [3.63, 3.8) is 0 Å². The number of nitrogens with zero attached hydrogens (tertiary/aromatic N) is 3. The quantitative estimate of drug-likeness (QED) is 0.428. The van der Waals surface area contributed by atoms with E-state index in [1.54, 1.807) is 22.5 Å². The third kappa shape index (κ3) is 5.03. The molecular formula is C28H32N4O2S. The number of nitrogens with one attached hydrogen (secondary N) is 1. The number of aromatic amines is 1. The maximum Gasteiger partial charge on any atom is 0.243 e. The van der Waals surface area contributed by atoms with Crippen LogP contribution < -0.4 is 0 Å². The normalized spacial score (nSPS) is 16.1. The summed E-state index contributed by atoms with van der Waals surface area (Å²) in [6.45, 7) is 9.88. The zero-order chi connectivity index (χ0) is 24.6. The highest BCUT2D eigenvalue weighted by atomic mass is 32.2. The minimum absolute atomic E-state index is 0.140. The van der Waals surface area contributed by atoms with Crippen molar-refractivity contribution in [1.29, 1.82) is 0 Å². The Morgan fingerprint density at radius 2 is 1.57 bits per heavy atom. The standard InChI is InChI=1S/C28H32N4O2S/c1-28(2,3)23-11-9-21(10-12-23)20-31-15-17-32(18-16-31)35(33,34)24-13-14-25-26(19-24)30-27(29-25)22-7-5-4-6-8-22/h4-14,19H,15-18,20H2,1-3H3,(H,29,30). The largest absolute Gasteiger partial charge is 0.338 e. The Kier molecular flexibility index (Phi) is 6.25. The average Bonchev–Trinajstić information content (AvgIpc) is 3.28. The molecule has 1 aliphatic rings. The number of H-pyrrole nitrogens is 1. The van der Waals surface area contributed by atoms with Crippen molar-refractivity contribution < 1.29 is 8.42 Å². The van der Waals surface area contributed by atoms with Gasteiger partial charge < -0.3 is 4.98 Å². The van der Waals surface area contributed by atoms with Gasteiger partial charge in [-0.15, -0.1) is 0 Å². The first-order chi connectivity index (χ1) is 16.7. The van der Waals surface area contributed by atoms with Crippen LogP contribution in [0.2, 0.25) is 0 Å². The summed E-state index contributed by atoms with van der Waals surface area (Å²) < 4.78 is 28.4. The fraction of sp³-hybridized carbons (Fsp3) is 0.321. The second-order valence-corrected chi connectivity index (χ2v) is 12.2. The van der Waals surface area contributed by atoms with Gasteiger partial charge in [-0.2, -0.15) is 4.31 Å². The van der Waals surface area contributed by atoms with Crippen molar-refractivity contribution >= 4 is 21.1 Å². The van der Waals surface area contributed by atoms with E-state index >= 15 is 0 Å². The van der Waals surface area contributed by atoms with Crippen molar-refractivity contribution in [2.24, 2.45) is 0 Å². The van der Waals surface area contributed by atoms with Gasteiger partial charge >= 0.3 is 0 Å². The SMILES string of the molecule is CC(C)(C)c1ccc(CN2CCN(S(=O)(=O)c3ccc4nc(-c5ccccc5)[nH]c4c3)CC2)cc1. The highest BCUT2D eigenvalue weighted by Crippen LogP contribution is 2.26. The van der Waals surface area contributed by atoms with Crippen LogP contribution in [0.3, 0.4) is 0 Å². The van der Waals surface area contributed by atoms with E-state index in [4.69, 9.17) is 0 Å². The lowest BCUT2D eigenvalue weighted by Gasteiger charge is -2.34. The second-order valence-electron chi connectivity index (χ2n) is 10.3. The lowest BCUT2D eigenvalue weighted by atomic mass is 9.87. The highest BCUT2D eigenvalue weighted by Gasteiger charge is 2.29. The third-order valence-corrected chi connectivity index (χ3v) is 8.59. The van der Waals surface area contributed by atoms with Gasteiger partial charge in [0.2, 0.25) is 10.0 Å². The number of aromatic nitrogens is 2. The van der Waals surface area contributed by atoms with E-state index in [9.17, 15) is 8.42 Å². The van der Waals surface area contributed by atoms with Crippen LogP contribution in [0.15, 0.2) is 77.7 Å². The van der Waals surface area contributed by atoms with Gasteiger partial charge in [0.15, 0.2) is 0 Å². The Morgan fingerprint density at radius 3 is 2.23 bits per heavy atom. The Bertz CT molecular complexity index is 1410. The van der Waals surface area contributed by atoms with E-state index < -0.39 is 10.0 Å². The van der Waals surface area contributed by atoms with Gasteiger partial charge in [0.05, 0.1) is 15.9 Å². The van der Waals surface area contributed by atoms with Crippen molar-refractivity contribution in [2.75, 3.05) is 26.2 Å². The van der Waals surface area contributed by atoms with E-state index in [0.717, 1.165) is 29.0 Å². The van der Waals surface area contributed by atoms with Crippen LogP contribution in [-0.4, -0.2) is 53.8 Å². The minimum Gasteiger partial charge on any atom is -0.338 e. The first-order valence-corrected chi connectivity index (χ1v) is 13.5. The van der Waals surface area contributed by atoms with E-state index in [2.05, 4.69) is 59.9 Å². The number of imidazole rings is 1. The Morgan fingerprint density at radius 1 is 0.886 bits per heavy atom. The molecule has 6 nitrogen and oxygen atoms in total. The number of benzene rings is 3. The number of sulfonamides is 1. The van der Waals surface area contributed by atoms with Gasteiger partial charge in [0, 0.05) is 38.3 Å². The molecule has 182 valence electrons. The average molecular weight is 489 g/mol. The molecule has 1 saturated heterocycles. The second kappa shape index (κ2) is 9.22. The maximum absolute atomic E-state index is 13.4. The van der Waals surface area contributed by atoms with Gasteiger partial charge in [-0.1, -0.05) is 75.4 Å². The number of hydrogen-bond donors (Lipinski definition) is 1. The Balaban J connectivity index is 1.26. The first kappa shape index (κ1) is 23.7. The summed E-state index contributed by atoms with van der Waals surface area (Å²) in [7, 11) is -3.57. The number of rotatable bonds is 5. The molecule has 7 heteroatoms. The smallest absolute Gasteiger partial charge is 0.243 e. The van der Waals surface area contributed by atoms with Crippen molar-refractivity contribution in [1.82, 2.24) is 19.2 Å². The summed E-state index contributed by atoms with van der Waals surface area (Å²) in [4.78, 5) is 10.5. The molecule has 0 aliphatic carbocycles. The van der Waals surface area contributed by atoms with Gasteiger partial charge in [0.1, 0.15) is 5.82 Å². The van der Waals surface area contributed by atoms with E-state index in [1.165, 1.54) is 11.1 Å². The van der Waals surface area contributed by atoms with Crippen LogP contribution in [-0.2, 0) is 22.0 Å². The summed E-state index contributed by atoms with van der Waals surface area (Å²) in [5.41, 5.74) is 5.17. The summed E-state index contributed by atoms with van der Waals surface area (Å²) in [6.07, 6.45) is 0. The molecule has 1 aliphatic heterocycles. The highest BCUT2D eigenvalue weighted by molar-refractivity contribution is 7.89. The zero-order valence-corrected chi connectivity index (χ0v) is 21.3. The molecular weight excluding hydrogens is 456 g/mol. The minimum atomic E-state index is -3.57. The van der Waals surface area contributed by atoms with Crippen molar-refractivity contribution in [2.45, 2.75) is 37.6 Å². The van der Waals surface area contributed by atoms with Gasteiger partial charge in [-0.05, 0) is 34.7 Å². The van der Waals surface area contributed by atoms with E-state index in [0.29, 0.717) is 31.1 Å².